The molecule has 138 valence electrons. The fourth-order valence-electron chi connectivity index (χ4n) is 3.00. The number of carbonyl (C=O) groups excluding carboxylic acids is 2. The number of benzene rings is 1. The van der Waals surface area contributed by atoms with E-state index in [1.54, 1.807) is 17.0 Å². The van der Waals surface area contributed by atoms with E-state index in [9.17, 15) is 14.0 Å². The minimum absolute atomic E-state index is 0.00756. The van der Waals surface area contributed by atoms with Gasteiger partial charge in [0.1, 0.15) is 18.0 Å². The number of likely N-dealkylation sites (tertiary alicyclic amines) is 1. The van der Waals surface area contributed by atoms with Crippen molar-refractivity contribution in [1.29, 1.82) is 0 Å². The molecule has 0 radical (unpaired) electrons. The molecule has 1 heterocycles. The predicted molar refractivity (Wildman–Crippen MR) is 93.7 cm³/mol. The summed E-state index contributed by atoms with van der Waals surface area (Å²) in [5, 5.41) is 6.14. The second-order valence-corrected chi connectivity index (χ2v) is 6.66. The van der Waals surface area contributed by atoms with Crippen molar-refractivity contribution < 1.29 is 18.7 Å². The third-order valence-corrected chi connectivity index (χ3v) is 4.30. The van der Waals surface area contributed by atoms with E-state index in [0.717, 1.165) is 0 Å². The molecule has 1 fully saturated rings. The topological polar surface area (TPSA) is 70.7 Å². The molecule has 0 unspecified atom stereocenters. The van der Waals surface area contributed by atoms with Crippen molar-refractivity contribution in [3.05, 3.63) is 30.1 Å². The first kappa shape index (κ1) is 19.2. The van der Waals surface area contributed by atoms with Crippen LogP contribution in [-0.4, -0.2) is 55.1 Å². The van der Waals surface area contributed by atoms with Crippen molar-refractivity contribution in [3.63, 3.8) is 0 Å². The zero-order chi connectivity index (χ0) is 18.4. The highest BCUT2D eigenvalue weighted by Crippen LogP contribution is 2.28. The lowest BCUT2D eigenvalue weighted by atomic mass is 9.85. The molecular formula is C18H26FN3O3. The van der Waals surface area contributed by atoms with E-state index in [1.165, 1.54) is 19.2 Å². The largest absolute Gasteiger partial charge is 0.375 e. The Hall–Kier alpha value is -2.15. The molecule has 2 amide bonds. The van der Waals surface area contributed by atoms with Crippen molar-refractivity contribution in [2.45, 2.75) is 38.3 Å². The average molecular weight is 351 g/mol. The van der Waals surface area contributed by atoms with E-state index < -0.39 is 5.54 Å². The number of piperidine rings is 1. The lowest BCUT2D eigenvalue weighted by molar-refractivity contribution is -0.139. The van der Waals surface area contributed by atoms with Gasteiger partial charge in [-0.25, -0.2) is 4.39 Å². The number of halogens is 1. The lowest BCUT2D eigenvalue weighted by Gasteiger charge is -2.42. The molecule has 0 spiro atoms. The Kier molecular flexibility index (Phi) is 6.36. The Morgan fingerprint density at radius 2 is 2.00 bits per heavy atom. The standard InChI is InChI=1S/C18H26FN3O3/c1-13(2)20-17(24)18(21-15-6-4-5-14(19)11-15)7-9-22(10-8-18)16(23)12-25-3/h4-6,11,13,21H,7-10,12H2,1-3H3,(H,20,24). The van der Waals surface area contributed by atoms with Crippen molar-refractivity contribution in [2.75, 3.05) is 32.1 Å². The minimum atomic E-state index is -0.873. The van der Waals surface area contributed by atoms with Gasteiger partial charge >= 0.3 is 0 Å². The van der Waals surface area contributed by atoms with E-state index in [0.29, 0.717) is 31.6 Å². The van der Waals surface area contributed by atoms with Gasteiger partial charge in [0.25, 0.3) is 0 Å². The van der Waals surface area contributed by atoms with Gasteiger partial charge < -0.3 is 20.3 Å². The fourth-order valence-corrected chi connectivity index (χ4v) is 3.00. The summed E-state index contributed by atoms with van der Waals surface area (Å²) in [6.45, 7) is 4.70. The number of hydrogen-bond acceptors (Lipinski definition) is 4. The Morgan fingerprint density at radius 3 is 2.56 bits per heavy atom. The minimum Gasteiger partial charge on any atom is -0.375 e. The second-order valence-electron chi connectivity index (χ2n) is 6.66. The Morgan fingerprint density at radius 1 is 1.32 bits per heavy atom. The lowest BCUT2D eigenvalue weighted by Crippen LogP contribution is -2.60. The highest BCUT2D eigenvalue weighted by Gasteiger charge is 2.42. The summed E-state index contributed by atoms with van der Waals surface area (Å²) in [5.74, 6) is -0.589. The summed E-state index contributed by atoms with van der Waals surface area (Å²) in [6, 6.07) is 6.05. The predicted octanol–water partition coefficient (Wildman–Crippen LogP) is 1.77. The van der Waals surface area contributed by atoms with Crippen LogP contribution in [0.5, 0.6) is 0 Å². The summed E-state index contributed by atoms with van der Waals surface area (Å²) < 4.78 is 18.4. The van der Waals surface area contributed by atoms with Crippen molar-refractivity contribution in [3.8, 4) is 0 Å². The highest BCUT2D eigenvalue weighted by molar-refractivity contribution is 5.90. The van der Waals surface area contributed by atoms with Crippen LogP contribution in [0.15, 0.2) is 24.3 Å². The number of ether oxygens (including phenoxy) is 1. The van der Waals surface area contributed by atoms with Crippen molar-refractivity contribution in [2.24, 2.45) is 0 Å². The molecule has 1 aliphatic rings. The third kappa shape index (κ3) is 4.92. The van der Waals surface area contributed by atoms with E-state index in [1.807, 2.05) is 13.8 Å². The first-order chi connectivity index (χ1) is 11.9. The smallest absolute Gasteiger partial charge is 0.248 e. The van der Waals surface area contributed by atoms with Crippen LogP contribution in [-0.2, 0) is 14.3 Å². The van der Waals surface area contributed by atoms with Gasteiger partial charge in [-0.1, -0.05) is 6.07 Å². The number of anilines is 1. The fraction of sp³-hybridized carbons (Fsp3) is 0.556. The molecular weight excluding hydrogens is 325 g/mol. The SMILES string of the molecule is COCC(=O)N1CCC(Nc2cccc(F)c2)(C(=O)NC(C)C)CC1. The molecule has 1 saturated heterocycles. The van der Waals surface area contributed by atoms with Crippen LogP contribution in [0.4, 0.5) is 10.1 Å². The Labute approximate surface area is 147 Å². The van der Waals surface area contributed by atoms with E-state index >= 15 is 0 Å². The van der Waals surface area contributed by atoms with Crippen LogP contribution in [0.1, 0.15) is 26.7 Å². The zero-order valence-corrected chi connectivity index (χ0v) is 15.0. The molecule has 2 rings (SSSR count). The summed E-state index contributed by atoms with van der Waals surface area (Å²) in [7, 11) is 1.48. The summed E-state index contributed by atoms with van der Waals surface area (Å²) in [5.41, 5.74) is -0.322. The number of nitrogens with one attached hydrogen (secondary N) is 2. The Bertz CT molecular complexity index is 613. The van der Waals surface area contributed by atoms with Gasteiger partial charge in [0, 0.05) is 31.9 Å². The summed E-state index contributed by atoms with van der Waals surface area (Å²) >= 11 is 0. The Balaban J connectivity index is 2.17. The van der Waals surface area contributed by atoms with Crippen LogP contribution in [0, 0.1) is 5.82 Å². The number of hydrogen-bond donors (Lipinski definition) is 2. The second kappa shape index (κ2) is 8.29. The molecule has 0 aromatic heterocycles. The summed E-state index contributed by atoms with van der Waals surface area (Å²) in [6.07, 6.45) is 0.884. The summed E-state index contributed by atoms with van der Waals surface area (Å²) in [4.78, 5) is 26.5. The molecule has 7 heteroatoms. The number of carbonyl (C=O) groups is 2. The number of amides is 2. The zero-order valence-electron chi connectivity index (χ0n) is 15.0. The van der Waals surface area contributed by atoms with Gasteiger partial charge in [0.05, 0.1) is 0 Å². The van der Waals surface area contributed by atoms with Gasteiger partial charge in [0.15, 0.2) is 0 Å². The van der Waals surface area contributed by atoms with Crippen LogP contribution in [0.25, 0.3) is 0 Å². The molecule has 0 saturated carbocycles. The maximum Gasteiger partial charge on any atom is 0.248 e. The van der Waals surface area contributed by atoms with Crippen molar-refractivity contribution in [1.82, 2.24) is 10.2 Å². The molecule has 2 N–H and O–H groups in total. The van der Waals surface area contributed by atoms with Crippen molar-refractivity contribution >= 4 is 17.5 Å². The molecule has 1 aromatic carbocycles. The average Bonchev–Trinajstić information content (AvgIpc) is 2.55. The maximum absolute atomic E-state index is 13.5. The van der Waals surface area contributed by atoms with Gasteiger partial charge in [-0.15, -0.1) is 0 Å². The molecule has 0 atom stereocenters. The van der Waals surface area contributed by atoms with Gasteiger partial charge in [-0.2, -0.15) is 0 Å². The van der Waals surface area contributed by atoms with Gasteiger partial charge in [-0.05, 0) is 44.9 Å². The number of methoxy groups -OCH3 is 1. The highest BCUT2D eigenvalue weighted by atomic mass is 19.1. The molecule has 1 aromatic rings. The molecule has 0 bridgehead atoms. The normalized spacial score (nSPS) is 16.6. The first-order valence-corrected chi connectivity index (χ1v) is 8.48. The van der Waals surface area contributed by atoms with Gasteiger partial charge in [-0.3, -0.25) is 9.59 Å². The van der Waals surface area contributed by atoms with E-state index in [2.05, 4.69) is 10.6 Å². The maximum atomic E-state index is 13.5. The van der Waals surface area contributed by atoms with Crippen LogP contribution < -0.4 is 10.6 Å². The van der Waals surface area contributed by atoms with E-state index in [4.69, 9.17) is 4.74 Å². The molecule has 0 aliphatic carbocycles. The number of rotatable bonds is 6. The molecule has 6 nitrogen and oxygen atoms in total. The monoisotopic (exact) mass is 351 g/mol. The third-order valence-electron chi connectivity index (χ3n) is 4.30. The number of nitrogens with zero attached hydrogens (tertiary/aromatic N) is 1. The van der Waals surface area contributed by atoms with Crippen LogP contribution >= 0.6 is 0 Å². The van der Waals surface area contributed by atoms with E-state index in [-0.39, 0.29) is 30.3 Å². The molecule has 25 heavy (non-hydrogen) atoms. The van der Waals surface area contributed by atoms with Crippen LogP contribution in [0.2, 0.25) is 0 Å². The first-order valence-electron chi connectivity index (χ1n) is 8.48. The molecule has 1 aliphatic heterocycles. The quantitative estimate of drug-likeness (QED) is 0.819. The van der Waals surface area contributed by atoms with Crippen LogP contribution in [0.3, 0.4) is 0 Å². The van der Waals surface area contributed by atoms with Gasteiger partial charge in [0.2, 0.25) is 11.8 Å².